The van der Waals surface area contributed by atoms with E-state index in [9.17, 15) is 9.59 Å². The van der Waals surface area contributed by atoms with Crippen LogP contribution in [0.1, 0.15) is 80.3 Å². The molecule has 2 saturated heterocycles. The molecule has 0 radical (unpaired) electrons. The van der Waals surface area contributed by atoms with Gasteiger partial charge in [0.2, 0.25) is 0 Å². The second-order valence-electron chi connectivity index (χ2n) is 18.2. The van der Waals surface area contributed by atoms with Crippen molar-refractivity contribution >= 4 is 23.1 Å². The molecular weight excluding hydrogens is 784 g/mol. The first-order chi connectivity index (χ1) is 29.0. The van der Waals surface area contributed by atoms with E-state index in [0.29, 0.717) is 36.1 Å². The maximum atomic E-state index is 13.1. The lowest BCUT2D eigenvalue weighted by Gasteiger charge is -2.57. The van der Waals surface area contributed by atoms with Crippen molar-refractivity contribution in [3.05, 3.63) is 142 Å². The smallest absolute Gasteiger partial charge is 0.415 e. The largest absolute Gasteiger partial charge is 0.485 e. The summed E-state index contributed by atoms with van der Waals surface area (Å²) < 4.78 is 23.5. The second kappa shape index (κ2) is 15.7. The molecule has 12 rings (SSSR count). The second-order valence-corrected chi connectivity index (χ2v) is 18.5. The normalized spacial score (nSPS) is 29.8. The molecule has 4 unspecified atom stereocenters. The fourth-order valence-electron chi connectivity index (χ4n) is 12.7. The van der Waals surface area contributed by atoms with Crippen molar-refractivity contribution in [1.82, 2.24) is 9.80 Å². The van der Waals surface area contributed by atoms with Gasteiger partial charge in [0.1, 0.15) is 35.2 Å². The van der Waals surface area contributed by atoms with Gasteiger partial charge in [-0.3, -0.25) is 0 Å². The van der Waals surface area contributed by atoms with Gasteiger partial charge in [0.05, 0.1) is 0 Å². The number of aryl methyl sites for hydroxylation is 2. The molecule has 0 N–H and O–H groups in total. The van der Waals surface area contributed by atoms with Crippen molar-refractivity contribution in [3.8, 4) is 23.0 Å². The Morgan fingerprint density at radius 1 is 0.656 bits per heavy atom. The van der Waals surface area contributed by atoms with E-state index >= 15 is 0 Å². The number of likely N-dealkylation sites (N-methyl/N-ethyl adjacent to an activating group) is 1. The predicted octanol–water partition coefficient (Wildman–Crippen LogP) is 11.1. The van der Waals surface area contributed by atoms with E-state index in [4.69, 9.17) is 25.8 Å². The van der Waals surface area contributed by atoms with Gasteiger partial charge in [0.25, 0.3) is 0 Å². The predicted molar refractivity (Wildman–Crippen MR) is 239 cm³/mol. The number of carbonyl (C=O) groups excluding carboxylic acids is 2. The number of amides is 1. The van der Waals surface area contributed by atoms with Crippen molar-refractivity contribution in [2.75, 3.05) is 20.1 Å². The van der Waals surface area contributed by atoms with E-state index in [1.165, 1.54) is 65.0 Å². The van der Waals surface area contributed by atoms with Crippen molar-refractivity contribution in [1.29, 1.82) is 0 Å². The lowest BCUT2D eigenvalue weighted by molar-refractivity contribution is -0.0101. The summed E-state index contributed by atoms with van der Waals surface area (Å²) in [6.07, 6.45) is 11.4. The van der Waals surface area contributed by atoms with Gasteiger partial charge in [-0.2, -0.15) is 0 Å². The number of nitrogens with zero attached hydrogens (tertiary/aromatic N) is 2. The number of allylic oxidation sites excluding steroid dienone is 2. The van der Waals surface area contributed by atoms with Crippen LogP contribution in [0.2, 0.25) is 0 Å². The monoisotopic (exact) mass is 840 g/mol. The molecule has 8 aliphatic rings. The van der Waals surface area contributed by atoms with Crippen molar-refractivity contribution in [2.45, 2.75) is 109 Å². The minimum Gasteiger partial charge on any atom is -0.485 e. The standard InChI is InChI=1S/C25H25NO3.C19H23NO.C7H5ClO2.CH4/c1-15-8-10-17-14-20-19-11-9-16(2)23-25(19,21(17)22(15)29-23)12-13-26(20)24(27)28-18-6-4-3-5-7-18;1-11-4-6-13-10-15-14-7-5-12(2)18-19(14,8-9-20(15)3)16(13)17(11)21-18;8-7(9)10-6-4-2-1-3-5-6;/h3-10,19-20,23H,11-14H2,1-2H3;4-6,14-15,18H,7-10H2,1-3H3;1-5H;1H4/t19?,20?,23-,25-;14?,15?,18-,19-;;/m00../s1. The third kappa shape index (κ3) is 6.42. The zero-order valence-electron chi connectivity index (χ0n) is 35.1. The summed E-state index contributed by atoms with van der Waals surface area (Å²) in [4.78, 5) is 27.9. The number of benzene rings is 4. The van der Waals surface area contributed by atoms with Crippen LogP contribution in [-0.4, -0.2) is 65.8 Å². The van der Waals surface area contributed by atoms with Crippen LogP contribution in [0.4, 0.5) is 9.59 Å². The Balaban J connectivity index is 0.000000130. The molecule has 4 aromatic carbocycles. The molecule has 1 amide bonds. The van der Waals surface area contributed by atoms with Crippen molar-refractivity contribution in [2.24, 2.45) is 11.8 Å². The third-order valence-corrected chi connectivity index (χ3v) is 15.4. The quantitative estimate of drug-likeness (QED) is 0.147. The Morgan fingerprint density at radius 3 is 1.66 bits per heavy atom. The van der Waals surface area contributed by atoms with E-state index in [2.05, 4.69) is 80.8 Å². The highest BCUT2D eigenvalue weighted by atomic mass is 35.5. The van der Waals surface area contributed by atoms with E-state index in [1.807, 2.05) is 41.3 Å². The Kier molecular flexibility index (Phi) is 10.6. The number of piperidine rings is 2. The molecule has 2 spiro atoms. The topological polar surface area (TPSA) is 77.5 Å². The Morgan fingerprint density at radius 2 is 1.13 bits per heavy atom. The third-order valence-electron chi connectivity index (χ3n) is 15.3. The Labute approximate surface area is 365 Å². The number of ether oxygens (including phenoxy) is 4. The molecule has 9 heteroatoms. The molecule has 4 aliphatic heterocycles. The number of hydrogen-bond donors (Lipinski definition) is 0. The maximum absolute atomic E-state index is 13.1. The summed E-state index contributed by atoms with van der Waals surface area (Å²) in [6.45, 7) is 10.8. The average molecular weight is 841 g/mol. The van der Waals surface area contributed by atoms with Gasteiger partial charge >= 0.3 is 11.5 Å². The van der Waals surface area contributed by atoms with E-state index in [0.717, 1.165) is 30.9 Å². The molecule has 4 bridgehead atoms. The van der Waals surface area contributed by atoms with Crippen LogP contribution in [0.25, 0.3) is 0 Å². The highest BCUT2D eigenvalue weighted by Crippen LogP contribution is 2.64. The lowest BCUT2D eigenvalue weighted by atomic mass is 9.52. The number of hydrogen-bond acceptors (Lipinski definition) is 7. The molecule has 8 nitrogen and oxygen atoms in total. The van der Waals surface area contributed by atoms with Crippen LogP contribution in [0.15, 0.2) is 108 Å². The molecule has 4 aromatic rings. The molecule has 4 aliphatic carbocycles. The lowest BCUT2D eigenvalue weighted by Crippen LogP contribution is -2.65. The first-order valence-corrected chi connectivity index (χ1v) is 22.0. The number of para-hydroxylation sites is 2. The van der Waals surface area contributed by atoms with E-state index < -0.39 is 5.43 Å². The molecular formula is C52H57ClN2O6. The summed E-state index contributed by atoms with van der Waals surface area (Å²) in [5.74, 6) is 4.51. The summed E-state index contributed by atoms with van der Waals surface area (Å²) in [6, 6.07) is 27.9. The highest BCUT2D eigenvalue weighted by molar-refractivity contribution is 6.61. The van der Waals surface area contributed by atoms with Crippen LogP contribution in [-0.2, 0) is 23.7 Å². The van der Waals surface area contributed by atoms with Gasteiger partial charge in [-0.05, 0) is 149 Å². The van der Waals surface area contributed by atoms with Crippen LogP contribution >= 0.6 is 11.6 Å². The first-order valence-electron chi connectivity index (χ1n) is 21.6. The van der Waals surface area contributed by atoms with Crippen LogP contribution < -0.4 is 18.9 Å². The number of likely N-dealkylation sites (tertiary alicyclic amines) is 2. The van der Waals surface area contributed by atoms with Gasteiger partial charge in [-0.25, -0.2) is 9.59 Å². The SMILES string of the molecule is C.CC1=CCC2C3Cc4ccc(C)c5c4[C@@]2(CCN3C(=O)Oc2ccccc2)[C@H]1O5.CC1=CCC2C3Cc4ccc(C)c5c4[C@@]2(CCN3C)[C@H]1O5.O=C(Cl)Oc1ccccc1. The van der Waals surface area contributed by atoms with Crippen LogP contribution in [0.3, 0.4) is 0 Å². The number of rotatable bonds is 2. The first kappa shape index (κ1) is 41.3. The van der Waals surface area contributed by atoms with Gasteiger partial charge in [-0.1, -0.05) is 80.2 Å². The fraction of sp³-hybridized carbons (Fsp3) is 0.423. The minimum absolute atomic E-state index is 0. The average Bonchev–Trinajstić information content (AvgIpc) is 3.79. The van der Waals surface area contributed by atoms with Gasteiger partial charge in [0.15, 0.2) is 0 Å². The van der Waals surface area contributed by atoms with E-state index in [1.54, 1.807) is 35.4 Å². The maximum Gasteiger partial charge on any atom is 0.415 e. The Bertz CT molecular complexity index is 2430. The molecule has 2 fully saturated rings. The fourth-order valence-corrected chi connectivity index (χ4v) is 12.8. The minimum atomic E-state index is -0.814. The zero-order valence-corrected chi connectivity index (χ0v) is 35.8. The molecule has 8 atom stereocenters. The van der Waals surface area contributed by atoms with Crippen molar-refractivity contribution in [3.63, 3.8) is 0 Å². The molecule has 4 heterocycles. The van der Waals surface area contributed by atoms with Gasteiger partial charge < -0.3 is 28.7 Å². The van der Waals surface area contributed by atoms with Crippen LogP contribution in [0, 0.1) is 25.7 Å². The molecule has 318 valence electrons. The number of halogens is 1. The molecule has 61 heavy (non-hydrogen) atoms. The van der Waals surface area contributed by atoms with E-state index in [-0.39, 0.29) is 36.5 Å². The molecule has 0 saturated carbocycles. The zero-order chi connectivity index (χ0) is 41.5. The Hall–Kier alpha value is -5.05. The summed E-state index contributed by atoms with van der Waals surface area (Å²) in [5, 5.41) is 0. The molecule has 0 aromatic heterocycles. The van der Waals surface area contributed by atoms with Gasteiger partial charge in [-0.15, -0.1) is 0 Å². The summed E-state index contributed by atoms with van der Waals surface area (Å²) in [7, 11) is 2.31. The van der Waals surface area contributed by atoms with Crippen LogP contribution in [0.5, 0.6) is 23.0 Å². The highest BCUT2D eigenvalue weighted by Gasteiger charge is 2.65. The summed E-state index contributed by atoms with van der Waals surface area (Å²) >= 11 is 4.95. The number of carbonyl (C=O) groups is 2. The van der Waals surface area contributed by atoms with Gasteiger partial charge in [0, 0.05) is 52.2 Å². The van der Waals surface area contributed by atoms with Crippen molar-refractivity contribution < 1.29 is 28.5 Å². The summed E-state index contributed by atoms with van der Waals surface area (Å²) in [5.41, 5.74) is 10.7.